The minimum Gasteiger partial charge on any atom is -0.324 e. The van der Waals surface area contributed by atoms with E-state index in [-0.39, 0.29) is 5.33 Å². The minimum atomic E-state index is -4.69. The van der Waals surface area contributed by atoms with E-state index < -0.39 is 46.4 Å². The van der Waals surface area contributed by atoms with Crippen molar-refractivity contribution < 1.29 is 30.7 Å². The highest BCUT2D eigenvalue weighted by Crippen LogP contribution is 2.25. The van der Waals surface area contributed by atoms with Crippen LogP contribution in [0.1, 0.15) is 0 Å². The number of hydrogen-bond acceptors (Lipinski definition) is 5. The van der Waals surface area contributed by atoms with Gasteiger partial charge in [0.2, 0.25) is 5.91 Å². The molecule has 1 rings (SSSR count). The van der Waals surface area contributed by atoms with Crippen molar-refractivity contribution in [3.05, 3.63) is 18.2 Å². The minimum absolute atomic E-state index is 0.206. The zero-order chi connectivity index (χ0) is 16.4. The number of alkyl halides is 2. The average Bonchev–Trinajstić information content (AvgIpc) is 2.35. The molecule has 0 saturated heterocycles. The average molecular weight is 467 g/mol. The third-order valence-electron chi connectivity index (χ3n) is 2.20. The number of rotatable bonds is 5. The summed E-state index contributed by atoms with van der Waals surface area (Å²) in [5, 5.41) is 2.36. The van der Waals surface area contributed by atoms with Crippen molar-refractivity contribution in [3.8, 4) is 0 Å². The van der Waals surface area contributed by atoms with Crippen LogP contribution in [0.15, 0.2) is 28.0 Å². The molecule has 1 atom stereocenters. The van der Waals surface area contributed by atoms with Gasteiger partial charge in [0.25, 0.3) is 20.2 Å². The molecule has 21 heavy (non-hydrogen) atoms. The van der Waals surface area contributed by atoms with Crippen molar-refractivity contribution in [1.29, 1.82) is 0 Å². The zero-order valence-corrected chi connectivity index (χ0v) is 14.8. The van der Waals surface area contributed by atoms with Crippen molar-refractivity contribution in [3.63, 3.8) is 0 Å². The van der Waals surface area contributed by atoms with Gasteiger partial charge in [-0.25, -0.2) is 0 Å². The van der Waals surface area contributed by atoms with Crippen LogP contribution in [0.3, 0.4) is 0 Å². The maximum Gasteiger partial charge on any atom is 0.296 e. The Labute approximate surface area is 137 Å². The molecule has 0 aliphatic rings. The highest BCUT2D eigenvalue weighted by Gasteiger charge is 2.22. The Kier molecular flexibility index (Phi) is 5.91. The van der Waals surface area contributed by atoms with Crippen LogP contribution in [0.5, 0.6) is 0 Å². The summed E-state index contributed by atoms with van der Waals surface area (Å²) in [7, 11) is -9.29. The van der Waals surface area contributed by atoms with Crippen LogP contribution in [-0.2, 0) is 25.0 Å². The molecule has 0 aromatic heterocycles. The number of amides is 1. The third kappa shape index (κ3) is 5.00. The molecule has 3 N–H and O–H groups in total. The lowest BCUT2D eigenvalue weighted by molar-refractivity contribution is -0.115. The number of carbonyl (C=O) groups is 1. The SMILES string of the molecule is O=C(Nc1cc(S(=O)(=O)O)ccc1S(=O)(=O)O)C(Br)CBr. The molecule has 0 bridgehead atoms. The first-order valence-corrected chi connectivity index (χ1v) is 9.98. The molecule has 118 valence electrons. The van der Waals surface area contributed by atoms with Gasteiger partial charge < -0.3 is 5.32 Å². The van der Waals surface area contributed by atoms with Gasteiger partial charge in [0.1, 0.15) is 9.72 Å². The van der Waals surface area contributed by atoms with Gasteiger partial charge in [-0.2, -0.15) is 16.8 Å². The van der Waals surface area contributed by atoms with Gasteiger partial charge in [-0.15, -0.1) is 0 Å². The van der Waals surface area contributed by atoms with Gasteiger partial charge in [-0.3, -0.25) is 13.9 Å². The summed E-state index contributed by atoms with van der Waals surface area (Å²) >= 11 is 6.02. The predicted molar refractivity (Wildman–Crippen MR) is 81.2 cm³/mol. The number of anilines is 1. The smallest absolute Gasteiger partial charge is 0.296 e. The van der Waals surface area contributed by atoms with Crippen LogP contribution in [0.2, 0.25) is 0 Å². The van der Waals surface area contributed by atoms with E-state index in [9.17, 15) is 21.6 Å². The highest BCUT2D eigenvalue weighted by molar-refractivity contribution is 9.12. The van der Waals surface area contributed by atoms with Gasteiger partial charge in [0, 0.05) is 5.33 Å². The molecule has 1 aromatic rings. The van der Waals surface area contributed by atoms with Crippen molar-refractivity contribution in [1.82, 2.24) is 0 Å². The van der Waals surface area contributed by atoms with E-state index >= 15 is 0 Å². The standard InChI is InChI=1S/C9H9Br2NO7S2/c10-4-6(11)9(13)12-7-3-5(20(14,15)16)1-2-8(7)21(17,18)19/h1-3,6H,4H2,(H,12,13)(H,14,15,16)(H,17,18,19). The predicted octanol–water partition coefficient (Wildman–Crippen LogP) is 1.28. The summed E-state index contributed by atoms with van der Waals surface area (Å²) in [6, 6.07) is 2.26. The Morgan fingerprint density at radius 2 is 1.76 bits per heavy atom. The van der Waals surface area contributed by atoms with E-state index in [2.05, 4.69) is 37.2 Å². The maximum absolute atomic E-state index is 11.7. The first-order valence-electron chi connectivity index (χ1n) is 5.06. The topological polar surface area (TPSA) is 138 Å². The van der Waals surface area contributed by atoms with Crippen molar-refractivity contribution >= 4 is 63.7 Å². The van der Waals surface area contributed by atoms with Gasteiger partial charge in [-0.05, 0) is 18.2 Å². The van der Waals surface area contributed by atoms with Crippen LogP contribution in [-0.4, -0.2) is 42.0 Å². The zero-order valence-electron chi connectivity index (χ0n) is 10.0. The fourth-order valence-electron chi connectivity index (χ4n) is 1.27. The number of nitrogens with one attached hydrogen (secondary N) is 1. The summed E-state index contributed by atoms with van der Waals surface area (Å²) in [6.07, 6.45) is 0. The first-order chi connectivity index (χ1) is 9.46. The molecule has 8 nitrogen and oxygen atoms in total. The molecule has 1 aromatic carbocycles. The Morgan fingerprint density at radius 1 is 1.19 bits per heavy atom. The fourth-order valence-corrected chi connectivity index (χ4v) is 2.82. The van der Waals surface area contributed by atoms with E-state index in [0.717, 1.165) is 18.2 Å². The maximum atomic E-state index is 11.7. The monoisotopic (exact) mass is 465 g/mol. The summed E-state index contributed by atoms with van der Waals surface area (Å²) < 4.78 is 62.5. The summed E-state index contributed by atoms with van der Waals surface area (Å²) in [4.78, 5) is 9.66. The summed E-state index contributed by atoms with van der Waals surface area (Å²) in [6.45, 7) is 0. The van der Waals surface area contributed by atoms with E-state index in [4.69, 9.17) is 9.11 Å². The lowest BCUT2D eigenvalue weighted by Gasteiger charge is -2.12. The van der Waals surface area contributed by atoms with Crippen LogP contribution in [0, 0.1) is 0 Å². The Balaban J connectivity index is 3.41. The highest BCUT2D eigenvalue weighted by atomic mass is 79.9. The van der Waals surface area contributed by atoms with Gasteiger partial charge in [-0.1, -0.05) is 31.9 Å². The normalized spacial score (nSPS) is 13.7. The van der Waals surface area contributed by atoms with Crippen molar-refractivity contribution in [2.45, 2.75) is 14.6 Å². The fraction of sp³-hybridized carbons (Fsp3) is 0.222. The molecule has 12 heteroatoms. The molecule has 0 heterocycles. The molecule has 0 aliphatic carbocycles. The Hall–Kier alpha value is -0.530. The van der Waals surface area contributed by atoms with Crippen molar-refractivity contribution in [2.24, 2.45) is 0 Å². The second kappa shape index (κ2) is 6.71. The van der Waals surface area contributed by atoms with Crippen LogP contribution >= 0.6 is 31.9 Å². The van der Waals surface area contributed by atoms with E-state index in [0.29, 0.717) is 0 Å². The van der Waals surface area contributed by atoms with Crippen molar-refractivity contribution in [2.75, 3.05) is 10.6 Å². The number of halogens is 2. The van der Waals surface area contributed by atoms with E-state index in [1.165, 1.54) is 0 Å². The van der Waals surface area contributed by atoms with E-state index in [1.54, 1.807) is 0 Å². The summed E-state index contributed by atoms with van der Waals surface area (Å²) in [5.74, 6) is -0.677. The molecule has 0 saturated carbocycles. The first kappa shape index (κ1) is 18.5. The third-order valence-corrected chi connectivity index (χ3v) is 6.22. The Bertz CT molecular complexity index is 760. The lowest BCUT2D eigenvalue weighted by atomic mass is 10.3. The number of hydrogen-bond donors (Lipinski definition) is 3. The molecule has 1 amide bonds. The largest absolute Gasteiger partial charge is 0.324 e. The molecular formula is C9H9Br2NO7S2. The molecule has 0 radical (unpaired) electrons. The number of benzene rings is 1. The molecule has 0 fully saturated rings. The van der Waals surface area contributed by atoms with Gasteiger partial charge in [0.05, 0.1) is 10.6 Å². The molecule has 0 aliphatic heterocycles. The Morgan fingerprint density at radius 3 is 2.19 bits per heavy atom. The quantitative estimate of drug-likeness (QED) is 0.438. The molecular weight excluding hydrogens is 458 g/mol. The molecule has 1 unspecified atom stereocenters. The van der Waals surface area contributed by atoms with Gasteiger partial charge in [0.15, 0.2) is 0 Å². The van der Waals surface area contributed by atoms with Crippen LogP contribution < -0.4 is 5.32 Å². The van der Waals surface area contributed by atoms with Gasteiger partial charge >= 0.3 is 0 Å². The van der Waals surface area contributed by atoms with Crippen LogP contribution in [0.4, 0.5) is 5.69 Å². The lowest BCUT2D eigenvalue weighted by Crippen LogP contribution is -2.25. The van der Waals surface area contributed by atoms with E-state index in [1.807, 2.05) is 0 Å². The second-order valence-electron chi connectivity index (χ2n) is 3.72. The molecule has 0 spiro atoms. The number of carbonyl (C=O) groups excluding carboxylic acids is 1. The summed E-state index contributed by atoms with van der Waals surface area (Å²) in [5.41, 5.74) is -0.469. The second-order valence-corrected chi connectivity index (χ2v) is 8.28. The van der Waals surface area contributed by atoms with Crippen LogP contribution in [0.25, 0.3) is 0 Å².